The number of aromatic nitrogens is 5. The molecule has 0 unspecified atom stereocenters. The van der Waals surface area contributed by atoms with Crippen molar-refractivity contribution < 1.29 is 18.3 Å². The Hall–Kier alpha value is -2.89. The van der Waals surface area contributed by atoms with Crippen LogP contribution in [0, 0.1) is 5.92 Å². The van der Waals surface area contributed by atoms with Crippen LogP contribution in [-0.2, 0) is 12.6 Å². The number of alkyl halides is 3. The predicted molar refractivity (Wildman–Crippen MR) is 148 cm³/mol. The minimum atomic E-state index is -4.50. The first-order chi connectivity index (χ1) is 19.2. The first-order valence-electron chi connectivity index (χ1n) is 13.9. The number of fused-ring (bicyclic) bond motifs is 2. The number of nitrogens with zero attached hydrogens (tertiary/aromatic N) is 5. The van der Waals surface area contributed by atoms with E-state index in [0.717, 1.165) is 61.7 Å². The van der Waals surface area contributed by atoms with Crippen LogP contribution in [0.15, 0.2) is 30.7 Å². The third-order valence-corrected chi connectivity index (χ3v) is 8.39. The van der Waals surface area contributed by atoms with Gasteiger partial charge in [0.15, 0.2) is 0 Å². The van der Waals surface area contributed by atoms with Gasteiger partial charge in [-0.3, -0.25) is 0 Å². The maximum atomic E-state index is 13.1. The van der Waals surface area contributed by atoms with Crippen LogP contribution >= 0.6 is 11.6 Å². The van der Waals surface area contributed by atoms with Crippen LogP contribution < -0.4 is 5.32 Å². The van der Waals surface area contributed by atoms with Gasteiger partial charge < -0.3 is 24.9 Å². The van der Waals surface area contributed by atoms with E-state index in [4.69, 9.17) is 11.6 Å². The Morgan fingerprint density at radius 2 is 2.02 bits per heavy atom. The number of aromatic amines is 1. The lowest BCUT2D eigenvalue weighted by molar-refractivity contribution is -0.137. The Balaban J connectivity index is 0.997. The summed E-state index contributed by atoms with van der Waals surface area (Å²) < 4.78 is 41.5. The number of hydrogen-bond acceptors (Lipinski definition) is 6. The highest BCUT2D eigenvalue weighted by Gasteiger charge is 2.36. The fourth-order valence-electron chi connectivity index (χ4n) is 5.94. The molecule has 2 fully saturated rings. The zero-order chi connectivity index (χ0) is 28.0. The number of benzene rings is 1. The van der Waals surface area contributed by atoms with Crippen LogP contribution in [-0.4, -0.2) is 66.8 Å². The van der Waals surface area contributed by atoms with Crippen LogP contribution in [0.3, 0.4) is 0 Å². The van der Waals surface area contributed by atoms with E-state index >= 15 is 0 Å². The average Bonchev–Trinajstić information content (AvgIpc) is 3.28. The fraction of sp³-hybridized carbons (Fsp3) is 0.536. The molecule has 3 N–H and O–H groups in total. The van der Waals surface area contributed by atoms with Crippen LogP contribution in [0.1, 0.15) is 56.0 Å². The highest BCUT2D eigenvalue weighted by molar-refractivity contribution is 6.32. The molecular formula is C28H33ClF3N7O. The van der Waals surface area contributed by atoms with E-state index in [0.29, 0.717) is 35.2 Å². The Morgan fingerprint density at radius 3 is 2.80 bits per heavy atom. The molecule has 6 rings (SSSR count). The number of rotatable bonds is 10. The Morgan fingerprint density at radius 1 is 1.20 bits per heavy atom. The zero-order valence-electron chi connectivity index (χ0n) is 22.3. The molecule has 1 aromatic carbocycles. The zero-order valence-corrected chi connectivity index (χ0v) is 23.0. The molecule has 8 nitrogen and oxygen atoms in total. The number of hydrogen-bond donors (Lipinski definition) is 3. The van der Waals surface area contributed by atoms with Crippen molar-refractivity contribution in [3.05, 3.63) is 47.1 Å². The molecule has 3 heterocycles. The van der Waals surface area contributed by atoms with Crippen LogP contribution in [0.5, 0.6) is 0 Å². The maximum Gasteiger partial charge on any atom is 0.417 e. The number of aliphatic hydroxyl groups excluding tert-OH is 1. The third-order valence-electron chi connectivity index (χ3n) is 8.08. The summed E-state index contributed by atoms with van der Waals surface area (Å²) >= 11 is 5.82. The highest BCUT2D eigenvalue weighted by atomic mass is 35.5. The summed E-state index contributed by atoms with van der Waals surface area (Å²) in [5, 5.41) is 15.1. The predicted octanol–water partition coefficient (Wildman–Crippen LogP) is 5.82. The van der Waals surface area contributed by atoms with E-state index < -0.39 is 17.8 Å². The summed E-state index contributed by atoms with van der Waals surface area (Å²) in [6, 6.07) is 4.82. The topological polar surface area (TPSA) is 94.9 Å². The molecule has 40 heavy (non-hydrogen) atoms. The molecule has 0 aliphatic heterocycles. The fourth-order valence-corrected chi connectivity index (χ4v) is 6.21. The summed E-state index contributed by atoms with van der Waals surface area (Å²) in [7, 11) is 2.09. The summed E-state index contributed by atoms with van der Waals surface area (Å²) in [5.41, 5.74) is 0.789. The monoisotopic (exact) mass is 575 g/mol. The smallest absolute Gasteiger partial charge is 0.391 e. The van der Waals surface area contributed by atoms with Crippen LogP contribution in [0.25, 0.3) is 22.1 Å². The van der Waals surface area contributed by atoms with Gasteiger partial charge in [-0.15, -0.1) is 0 Å². The van der Waals surface area contributed by atoms with Gasteiger partial charge in [0.25, 0.3) is 0 Å². The lowest BCUT2D eigenvalue weighted by atomic mass is 10.1. The number of unbranched alkanes of at least 4 members (excludes halogenated alkanes) is 1. The SMILES string of the molecule is CN(CCCCc1nc2cc(Cl)c(C(F)(F)F)cc2[nH]1)C[C@@H]1C[C@@H](O)[C@H](n2ccc3c(NC4CC4)ncnc32)C1. The summed E-state index contributed by atoms with van der Waals surface area (Å²) in [5.74, 6) is 1.90. The molecule has 0 bridgehead atoms. The second-order valence-electron chi connectivity index (χ2n) is 11.3. The standard InChI is InChI=1S/C28H33ClF3N7O/c1-38(8-3-2-4-25-36-21-12-19(28(30,31)32)20(29)13-22(21)37-25)14-16-10-23(24(40)11-16)39-9-7-18-26(35-17-5-6-17)33-15-34-27(18)39/h7,9,12-13,15-17,23-24,40H,2-6,8,10-11,14H2,1H3,(H,36,37)(H,33,34,35)/t16-,23+,24+/m0/s1. The van der Waals surface area contributed by atoms with Crippen molar-refractivity contribution in [3.8, 4) is 0 Å². The minimum absolute atomic E-state index is 0.0148. The van der Waals surface area contributed by atoms with E-state index in [1.54, 1.807) is 6.33 Å². The largest absolute Gasteiger partial charge is 0.417 e. The number of imidazole rings is 1. The second-order valence-corrected chi connectivity index (χ2v) is 11.7. The van der Waals surface area contributed by atoms with E-state index in [9.17, 15) is 18.3 Å². The third kappa shape index (κ3) is 5.77. The quantitative estimate of drug-likeness (QED) is 0.206. The minimum Gasteiger partial charge on any atom is -0.391 e. The number of nitrogens with one attached hydrogen (secondary N) is 2. The van der Waals surface area contributed by atoms with Crippen molar-refractivity contribution in [1.29, 1.82) is 0 Å². The number of halogens is 4. The van der Waals surface area contributed by atoms with Crippen LogP contribution in [0.2, 0.25) is 5.02 Å². The molecule has 3 atom stereocenters. The highest BCUT2D eigenvalue weighted by Crippen LogP contribution is 2.39. The molecule has 0 spiro atoms. The molecule has 214 valence electrons. The molecule has 0 saturated heterocycles. The Kier molecular flexibility index (Phi) is 7.39. The van der Waals surface area contributed by atoms with Gasteiger partial charge in [0.05, 0.1) is 39.2 Å². The molecule has 2 aliphatic carbocycles. The summed E-state index contributed by atoms with van der Waals surface area (Å²) in [4.78, 5) is 18.7. The van der Waals surface area contributed by atoms with Gasteiger partial charge in [-0.05, 0) is 76.2 Å². The lowest BCUT2D eigenvalue weighted by Gasteiger charge is -2.21. The van der Waals surface area contributed by atoms with Crippen molar-refractivity contribution >= 4 is 39.5 Å². The maximum absolute atomic E-state index is 13.1. The van der Waals surface area contributed by atoms with E-state index in [1.165, 1.54) is 18.9 Å². The van der Waals surface area contributed by atoms with Crippen molar-refractivity contribution in [3.63, 3.8) is 0 Å². The van der Waals surface area contributed by atoms with Gasteiger partial charge in [-0.25, -0.2) is 15.0 Å². The number of aryl methyl sites for hydroxylation is 1. The van der Waals surface area contributed by atoms with Gasteiger partial charge in [-0.2, -0.15) is 13.2 Å². The molecule has 2 aliphatic rings. The number of anilines is 1. The Bertz CT molecular complexity index is 1500. The normalized spacial score (nSPS) is 21.7. The van der Waals surface area contributed by atoms with E-state index in [-0.39, 0.29) is 11.1 Å². The van der Waals surface area contributed by atoms with Crippen molar-refractivity contribution in [2.75, 3.05) is 25.5 Å². The van der Waals surface area contributed by atoms with Crippen molar-refractivity contribution in [1.82, 2.24) is 29.4 Å². The van der Waals surface area contributed by atoms with Crippen molar-refractivity contribution in [2.24, 2.45) is 5.92 Å². The van der Waals surface area contributed by atoms with E-state index in [2.05, 4.69) is 41.8 Å². The number of aliphatic hydroxyl groups is 1. The molecule has 0 amide bonds. The molecule has 0 radical (unpaired) electrons. The molecule has 12 heteroatoms. The number of H-pyrrole nitrogens is 1. The second kappa shape index (κ2) is 10.8. The molecule has 3 aromatic heterocycles. The summed E-state index contributed by atoms with van der Waals surface area (Å²) in [6.45, 7) is 1.77. The molecule has 4 aromatic rings. The van der Waals surface area contributed by atoms with Gasteiger partial charge in [-0.1, -0.05) is 11.6 Å². The van der Waals surface area contributed by atoms with Crippen molar-refractivity contribution in [2.45, 2.75) is 69.3 Å². The lowest BCUT2D eigenvalue weighted by Crippen LogP contribution is -2.26. The average molecular weight is 576 g/mol. The van der Waals surface area contributed by atoms with E-state index in [1.807, 2.05) is 12.3 Å². The Labute approximate surface area is 235 Å². The molecular weight excluding hydrogens is 543 g/mol. The van der Waals surface area contributed by atoms with Gasteiger partial charge in [0, 0.05) is 25.2 Å². The van der Waals surface area contributed by atoms with Crippen LogP contribution in [0.4, 0.5) is 19.0 Å². The first-order valence-corrected chi connectivity index (χ1v) is 14.2. The van der Waals surface area contributed by atoms with Gasteiger partial charge in [0.2, 0.25) is 0 Å². The first kappa shape index (κ1) is 27.3. The summed E-state index contributed by atoms with van der Waals surface area (Å²) in [6.07, 6.45) is 5.08. The van der Waals surface area contributed by atoms with Gasteiger partial charge >= 0.3 is 6.18 Å². The molecule has 2 saturated carbocycles. The van der Waals surface area contributed by atoms with Gasteiger partial charge in [0.1, 0.15) is 23.6 Å².